The third-order valence-electron chi connectivity index (χ3n) is 4.50. The van der Waals surface area contributed by atoms with Crippen LogP contribution < -0.4 is 0 Å². The Bertz CT molecular complexity index is 949. The highest BCUT2D eigenvalue weighted by Gasteiger charge is 2.47. The van der Waals surface area contributed by atoms with Crippen molar-refractivity contribution in [2.24, 2.45) is 0 Å². The Morgan fingerprint density at radius 3 is 2.24 bits per heavy atom. The fourth-order valence-corrected chi connectivity index (χ4v) is 3.50. The molecule has 0 saturated carbocycles. The maximum atomic E-state index is 11.8. The maximum Gasteiger partial charge on any atom is 0.303 e. The van der Waals surface area contributed by atoms with Gasteiger partial charge in [0.05, 0.1) is 12.1 Å². The van der Waals surface area contributed by atoms with Crippen LogP contribution >= 0.6 is 0 Å². The highest BCUT2D eigenvalue weighted by atomic mass is 16.6. The number of ether oxygens (including phenoxy) is 4. The summed E-state index contributed by atoms with van der Waals surface area (Å²) in [6, 6.07) is 7.16. The van der Waals surface area contributed by atoms with Crippen molar-refractivity contribution in [1.29, 1.82) is 0 Å². The largest absolute Gasteiger partial charge is 0.456 e. The second-order valence-electron chi connectivity index (χ2n) is 6.65. The maximum absolute atomic E-state index is 11.8. The first-order chi connectivity index (χ1) is 13.8. The predicted molar refractivity (Wildman–Crippen MR) is 99.0 cm³/mol. The quantitative estimate of drug-likeness (QED) is 0.422. The molecule has 0 aliphatic carbocycles. The number of hydrogen-bond donors (Lipinski definition) is 0. The molecule has 9 nitrogen and oxygen atoms in total. The number of fused-ring (bicyclic) bond motifs is 1. The summed E-state index contributed by atoms with van der Waals surface area (Å²) in [5.41, 5.74) is 1.10. The summed E-state index contributed by atoms with van der Waals surface area (Å²) >= 11 is 0. The van der Waals surface area contributed by atoms with E-state index in [1.165, 1.54) is 20.8 Å². The average Bonchev–Trinajstić information content (AvgIpc) is 3.02. The number of rotatable bonds is 5. The van der Waals surface area contributed by atoms with Crippen molar-refractivity contribution >= 4 is 35.1 Å². The lowest BCUT2D eigenvalue weighted by Gasteiger charge is -2.41. The molecule has 0 spiro atoms. The number of hydrogen-bond acceptors (Lipinski definition) is 8. The van der Waals surface area contributed by atoms with Gasteiger partial charge in [-0.3, -0.25) is 19.2 Å². The lowest BCUT2D eigenvalue weighted by atomic mass is 10.0. The van der Waals surface area contributed by atoms with E-state index in [-0.39, 0.29) is 6.61 Å². The van der Waals surface area contributed by atoms with Gasteiger partial charge in [-0.25, -0.2) is 0 Å². The number of nitrogens with zero attached hydrogens (tertiary/aromatic N) is 1. The van der Waals surface area contributed by atoms with Gasteiger partial charge in [-0.1, -0.05) is 18.2 Å². The van der Waals surface area contributed by atoms with Crippen molar-refractivity contribution in [2.75, 3.05) is 6.61 Å². The van der Waals surface area contributed by atoms with Crippen molar-refractivity contribution in [3.05, 3.63) is 36.0 Å². The van der Waals surface area contributed by atoms with Crippen LogP contribution in [0.4, 0.5) is 0 Å². The van der Waals surface area contributed by atoms with Crippen LogP contribution in [0.2, 0.25) is 0 Å². The number of aromatic nitrogens is 1. The van der Waals surface area contributed by atoms with E-state index >= 15 is 0 Å². The van der Waals surface area contributed by atoms with Gasteiger partial charge in [0.15, 0.2) is 30.8 Å². The minimum absolute atomic E-state index is 0.0944. The van der Waals surface area contributed by atoms with Gasteiger partial charge in [0, 0.05) is 37.9 Å². The van der Waals surface area contributed by atoms with Gasteiger partial charge in [-0.2, -0.15) is 0 Å². The molecule has 0 amide bonds. The Morgan fingerprint density at radius 1 is 1.00 bits per heavy atom. The molecule has 2 heterocycles. The smallest absolute Gasteiger partial charge is 0.303 e. The Labute approximate surface area is 166 Å². The summed E-state index contributed by atoms with van der Waals surface area (Å²) in [4.78, 5) is 46.4. The fourth-order valence-electron chi connectivity index (χ4n) is 3.50. The second kappa shape index (κ2) is 8.44. The van der Waals surface area contributed by atoms with Crippen molar-refractivity contribution < 1.29 is 38.1 Å². The van der Waals surface area contributed by atoms with Crippen LogP contribution in [0.5, 0.6) is 0 Å². The summed E-state index contributed by atoms with van der Waals surface area (Å²) in [7, 11) is 0. The number of para-hydroxylation sites is 1. The third-order valence-corrected chi connectivity index (χ3v) is 4.50. The van der Waals surface area contributed by atoms with E-state index in [4.69, 9.17) is 18.9 Å². The molecule has 0 bridgehead atoms. The van der Waals surface area contributed by atoms with Crippen LogP contribution in [-0.4, -0.2) is 53.7 Å². The van der Waals surface area contributed by atoms with E-state index in [2.05, 4.69) is 0 Å². The Balaban J connectivity index is 2.08. The van der Waals surface area contributed by atoms with Crippen LogP contribution in [0.15, 0.2) is 30.5 Å². The molecule has 0 radical (unpaired) electrons. The molecule has 4 atom stereocenters. The topological polar surface area (TPSA) is 110 Å². The van der Waals surface area contributed by atoms with Crippen molar-refractivity contribution in [3.8, 4) is 0 Å². The molecule has 154 valence electrons. The van der Waals surface area contributed by atoms with Gasteiger partial charge in [-0.05, 0) is 6.07 Å². The minimum atomic E-state index is -1.11. The molecule has 9 heteroatoms. The van der Waals surface area contributed by atoms with Crippen LogP contribution in [0, 0.1) is 0 Å². The standard InChI is InChI=1S/C20H21NO8/c1-11(23)27-17-10-26-20(19(29-13(3)25)18(17)28-12(2)24)21-8-14(9-22)15-6-4-5-7-16(15)21/h4-9,17-20H,10H2,1-3H3. The molecule has 1 saturated heterocycles. The van der Waals surface area contributed by atoms with Crippen LogP contribution in [0.3, 0.4) is 0 Å². The number of benzene rings is 1. The van der Waals surface area contributed by atoms with E-state index in [0.29, 0.717) is 22.8 Å². The molecular weight excluding hydrogens is 382 g/mol. The zero-order valence-electron chi connectivity index (χ0n) is 16.2. The van der Waals surface area contributed by atoms with Gasteiger partial charge < -0.3 is 23.5 Å². The van der Waals surface area contributed by atoms with Gasteiger partial charge in [0.1, 0.15) is 0 Å². The Morgan fingerprint density at radius 2 is 1.62 bits per heavy atom. The monoisotopic (exact) mass is 403 g/mol. The SMILES string of the molecule is CC(=O)OC1COC(n2cc(C=O)c3ccccc32)C(OC(C)=O)C1OC(C)=O. The summed E-state index contributed by atoms with van der Waals surface area (Å²) < 4.78 is 23.5. The summed E-state index contributed by atoms with van der Waals surface area (Å²) in [5.74, 6) is -1.85. The lowest BCUT2D eigenvalue weighted by Crippen LogP contribution is -2.55. The molecule has 2 aromatic rings. The van der Waals surface area contributed by atoms with E-state index < -0.39 is 42.4 Å². The molecule has 1 aromatic carbocycles. The van der Waals surface area contributed by atoms with Crippen LogP contribution in [-0.2, 0) is 33.3 Å². The van der Waals surface area contributed by atoms with Crippen LogP contribution in [0.25, 0.3) is 10.9 Å². The minimum Gasteiger partial charge on any atom is -0.456 e. The zero-order chi connectivity index (χ0) is 21.1. The summed E-state index contributed by atoms with van der Waals surface area (Å²) in [6.45, 7) is 3.54. The molecule has 4 unspecified atom stereocenters. The van der Waals surface area contributed by atoms with Gasteiger partial charge in [0.25, 0.3) is 0 Å². The normalized spacial score (nSPS) is 24.0. The molecule has 1 aromatic heterocycles. The summed E-state index contributed by atoms with van der Waals surface area (Å²) in [5, 5.41) is 0.693. The van der Waals surface area contributed by atoms with Crippen molar-refractivity contribution in [3.63, 3.8) is 0 Å². The number of carbonyl (C=O) groups excluding carboxylic acids is 4. The third kappa shape index (κ3) is 4.29. The zero-order valence-corrected chi connectivity index (χ0v) is 16.2. The van der Waals surface area contributed by atoms with E-state index in [0.717, 1.165) is 0 Å². The lowest BCUT2D eigenvalue weighted by molar-refractivity contribution is -0.239. The van der Waals surface area contributed by atoms with Gasteiger partial charge in [0.2, 0.25) is 0 Å². The van der Waals surface area contributed by atoms with E-state index in [1.54, 1.807) is 35.0 Å². The number of carbonyl (C=O) groups is 4. The number of aldehydes is 1. The van der Waals surface area contributed by atoms with E-state index in [9.17, 15) is 19.2 Å². The first-order valence-corrected chi connectivity index (χ1v) is 8.99. The molecule has 1 fully saturated rings. The molecule has 0 N–H and O–H groups in total. The molecule has 29 heavy (non-hydrogen) atoms. The number of esters is 3. The van der Waals surface area contributed by atoms with Gasteiger partial charge in [-0.15, -0.1) is 0 Å². The van der Waals surface area contributed by atoms with Crippen molar-refractivity contribution in [2.45, 2.75) is 45.3 Å². The Hall–Kier alpha value is -3.20. The molecule has 3 rings (SSSR count). The molecular formula is C20H21NO8. The first-order valence-electron chi connectivity index (χ1n) is 8.99. The highest BCUT2D eigenvalue weighted by Crippen LogP contribution is 2.34. The first kappa shape index (κ1) is 20.5. The average molecular weight is 403 g/mol. The predicted octanol–water partition coefficient (Wildman–Crippen LogP) is 1.78. The van der Waals surface area contributed by atoms with Crippen molar-refractivity contribution in [1.82, 2.24) is 4.57 Å². The summed E-state index contributed by atoms with van der Waals surface area (Å²) in [6.07, 6.45) is -1.76. The van der Waals surface area contributed by atoms with E-state index in [1.807, 2.05) is 0 Å². The fraction of sp³-hybridized carbons (Fsp3) is 0.400. The molecule has 1 aliphatic rings. The Kier molecular flexibility index (Phi) is 5.97. The van der Waals surface area contributed by atoms with Gasteiger partial charge >= 0.3 is 17.9 Å². The highest BCUT2D eigenvalue weighted by molar-refractivity contribution is 5.97. The van der Waals surface area contributed by atoms with Crippen LogP contribution in [0.1, 0.15) is 37.4 Å². The second-order valence-corrected chi connectivity index (χ2v) is 6.65. The molecule has 1 aliphatic heterocycles.